The van der Waals surface area contributed by atoms with Gasteiger partial charge in [0.1, 0.15) is 5.82 Å². The highest BCUT2D eigenvalue weighted by Gasteiger charge is 2.23. The number of rotatable bonds is 12. The molecule has 0 aliphatic carbocycles. The zero-order valence-electron chi connectivity index (χ0n) is 68.6. The summed E-state index contributed by atoms with van der Waals surface area (Å²) < 4.78 is 13.6. The lowest BCUT2D eigenvalue weighted by atomic mass is 10.0. The van der Waals surface area contributed by atoms with Crippen molar-refractivity contribution in [2.24, 2.45) is 0 Å². The molecule has 0 spiro atoms. The lowest BCUT2D eigenvalue weighted by molar-refractivity contribution is 1.08. The third kappa shape index (κ3) is 15.7. The van der Waals surface area contributed by atoms with E-state index in [1.54, 1.807) is 12.4 Å². The van der Waals surface area contributed by atoms with E-state index in [-0.39, 0.29) is 0 Å². The summed E-state index contributed by atoms with van der Waals surface area (Å²) in [5, 5.41) is 9.70. The minimum absolute atomic E-state index is 0.810. The van der Waals surface area contributed by atoms with E-state index in [1.807, 2.05) is 109 Å². The Morgan fingerprint density at radius 2 is 0.438 bits per heavy atom. The van der Waals surface area contributed by atoms with Crippen LogP contribution in [0, 0.1) is 0 Å². The van der Waals surface area contributed by atoms with Crippen molar-refractivity contribution in [3.05, 3.63) is 461 Å². The Morgan fingerprint density at radius 1 is 0.164 bits per heavy atom. The van der Waals surface area contributed by atoms with Crippen LogP contribution in [-0.2, 0) is 0 Å². The minimum Gasteiger partial charge on any atom is -0.309 e. The molecule has 24 rings (SSSR count). The summed E-state index contributed by atoms with van der Waals surface area (Å²) in [7, 11) is 0. The van der Waals surface area contributed by atoms with Crippen LogP contribution in [0.25, 0.3) is 200 Å². The van der Waals surface area contributed by atoms with Crippen molar-refractivity contribution in [2.45, 2.75) is 0 Å². The molecule has 24 aromatic rings. The van der Waals surface area contributed by atoms with Crippen molar-refractivity contribution in [2.75, 3.05) is 0 Å². The van der Waals surface area contributed by atoms with Crippen molar-refractivity contribution in [3.8, 4) is 113 Å². The van der Waals surface area contributed by atoms with Gasteiger partial charge in [-0.3, -0.25) is 24.5 Å². The average molecular weight is 1900 g/mol. The number of halogens is 4. The highest BCUT2D eigenvalue weighted by atomic mass is 79.9. The molecule has 0 N–H and O–H groups in total. The maximum atomic E-state index is 5.15. The predicted molar refractivity (Wildman–Crippen MR) is 542 cm³/mol. The largest absolute Gasteiger partial charge is 0.309 e. The third-order valence-corrected chi connectivity index (χ3v) is 25.7. The molecule has 15 heteroatoms. The summed E-state index contributed by atoms with van der Waals surface area (Å²) in [5.41, 5.74) is 28.2. The highest BCUT2D eigenvalue weighted by Crippen LogP contribution is 2.44. The summed E-state index contributed by atoms with van der Waals surface area (Å²) in [4.78, 5) is 33.4. The third-order valence-electron chi connectivity index (χ3n) is 23.0. The van der Waals surface area contributed by atoms with Crippen LogP contribution < -0.4 is 0 Å². The number of nitrogens with zero attached hydrogens (tertiary/aromatic N) is 11. The second-order valence-corrected chi connectivity index (χ2v) is 34.2. The molecule has 0 atom stereocenters. The molecule has 0 unspecified atom stereocenters. The van der Waals surface area contributed by atoms with Gasteiger partial charge in [-0.15, -0.1) is 0 Å². The van der Waals surface area contributed by atoms with Gasteiger partial charge in [0.05, 0.1) is 107 Å². The molecule has 0 aliphatic rings. The fraction of sp³-hybridized carbons (Fsp3) is 0. The van der Waals surface area contributed by atoms with Crippen molar-refractivity contribution < 1.29 is 0 Å². The van der Waals surface area contributed by atoms with Crippen LogP contribution in [0.4, 0.5) is 0 Å². The van der Waals surface area contributed by atoms with Crippen molar-refractivity contribution in [1.29, 1.82) is 0 Å². The second-order valence-electron chi connectivity index (χ2n) is 30.8. The molecule has 11 aromatic heterocycles. The van der Waals surface area contributed by atoms with Gasteiger partial charge < -0.3 is 13.7 Å². The number of pyridine rings is 7. The van der Waals surface area contributed by atoms with Crippen molar-refractivity contribution in [1.82, 2.24) is 53.2 Å². The Hall–Kier alpha value is -15.0. The van der Waals surface area contributed by atoms with Crippen LogP contribution in [0.5, 0.6) is 0 Å². The molecular weight excluding hydrogens is 1830 g/mol. The first kappa shape index (κ1) is 80.2. The van der Waals surface area contributed by atoms with E-state index in [2.05, 4.69) is 423 Å². The molecule has 0 bridgehead atoms. The molecule has 608 valence electrons. The van der Waals surface area contributed by atoms with Gasteiger partial charge in [-0.25, -0.2) is 15.0 Å². The molecule has 0 saturated heterocycles. The highest BCUT2D eigenvalue weighted by molar-refractivity contribution is 9.11. The fourth-order valence-corrected chi connectivity index (χ4v) is 19.6. The second kappa shape index (κ2) is 35.6. The molecule has 0 saturated carbocycles. The van der Waals surface area contributed by atoms with Crippen molar-refractivity contribution >= 4 is 151 Å². The first-order valence-corrected chi connectivity index (χ1v) is 45.2. The Kier molecular flexibility index (Phi) is 22.3. The quantitative estimate of drug-likeness (QED) is 0.120. The monoisotopic (exact) mass is 1900 g/mol. The lowest BCUT2D eigenvalue weighted by Gasteiger charge is -2.13. The first-order chi connectivity index (χ1) is 63.2. The maximum Gasteiger partial charge on any atom is 0.138 e. The molecule has 128 heavy (non-hydrogen) atoms. The van der Waals surface area contributed by atoms with Crippen molar-refractivity contribution in [3.63, 3.8) is 0 Å². The predicted octanol–water partition coefficient (Wildman–Crippen LogP) is 31.3. The van der Waals surface area contributed by atoms with Crippen LogP contribution in [-0.4, -0.2) is 53.2 Å². The lowest BCUT2D eigenvalue weighted by Crippen LogP contribution is -2.00. The summed E-state index contributed by atoms with van der Waals surface area (Å²) in [6.07, 6.45) is 7.25. The molecule has 0 fully saturated rings. The zero-order valence-corrected chi connectivity index (χ0v) is 74.9. The van der Waals surface area contributed by atoms with Crippen LogP contribution >= 0.6 is 63.7 Å². The van der Waals surface area contributed by atoms with E-state index < -0.39 is 0 Å². The number of para-hydroxylation sites is 4. The molecular formula is C113H73Br4N11. The zero-order chi connectivity index (χ0) is 86.0. The maximum absolute atomic E-state index is 5.15. The number of benzene rings is 13. The Labute approximate surface area is 771 Å². The normalized spacial score (nSPS) is 11.3. The SMILES string of the molecule is Brc1cccc2c1c1ccccc1n2-c1cc(-c2ccccc2)cc(-c2ccccc2)n1.Brc1cccc2c1c1ccccc1n2-c1cc(-c2ccccc2)nc(-c2ccccc2)c1.Brc1cccc2c1c1ccccc1n2-c1cc(-c2ccccn2)cc(-c2ccccn2)c1.Brc1cccc2c1c1ccccc1n2-c1cc(-c2ccccn2)nc(-c2ccccn2)c1. The average Bonchev–Trinajstić information content (AvgIpc) is 1.15. The van der Waals surface area contributed by atoms with Crippen LogP contribution in [0.15, 0.2) is 461 Å². The molecule has 11 nitrogen and oxygen atoms in total. The van der Waals surface area contributed by atoms with E-state index in [1.165, 1.54) is 65.2 Å². The van der Waals surface area contributed by atoms with E-state index in [9.17, 15) is 0 Å². The fourth-order valence-electron chi connectivity index (χ4n) is 17.4. The smallest absolute Gasteiger partial charge is 0.138 e. The van der Waals surface area contributed by atoms with Gasteiger partial charge >= 0.3 is 0 Å². The molecule has 13 aromatic carbocycles. The number of aromatic nitrogens is 11. The van der Waals surface area contributed by atoms with Crippen LogP contribution in [0.1, 0.15) is 0 Å². The summed E-state index contributed by atoms with van der Waals surface area (Å²) in [6.45, 7) is 0. The van der Waals surface area contributed by atoms with Gasteiger partial charge in [-0.2, -0.15) is 0 Å². The van der Waals surface area contributed by atoms with E-state index in [4.69, 9.17) is 15.0 Å². The standard InChI is InChI=1S/2C29H19BrN2.C28H18BrN3.C27H17BrN4/c30-24-15-9-17-28-29(24)23-14-7-8-16-27(23)32(28)22-18-25(20-10-3-1-4-11-20)31-26(19-22)21-12-5-2-6-13-21;30-24-15-9-17-27-29(24)23-14-7-8-16-26(23)32(27)28-19-22(20-10-3-1-4-11-20)18-25(31-28)21-12-5-2-6-13-21;29-23-9-7-13-27-28(23)22-8-1-2-12-26(22)32(27)21-17-19(24-10-3-5-14-30-24)16-20(18-21)25-11-4-6-15-31-25;28-20-9-7-13-26-27(20)19-8-1-2-12-25(19)32(26)18-16-23(21-10-3-5-14-29-21)31-24(17-18)22-11-4-6-15-30-22/h2*1-19H;1-18H;1-17H. The Balaban J connectivity index is 0.000000104. The van der Waals surface area contributed by atoms with E-state index in [0.29, 0.717) is 0 Å². The Morgan fingerprint density at radius 3 is 0.789 bits per heavy atom. The van der Waals surface area contributed by atoms with Gasteiger partial charge in [0.25, 0.3) is 0 Å². The summed E-state index contributed by atoms with van der Waals surface area (Å²) in [5.74, 6) is 0.912. The molecule has 0 amide bonds. The van der Waals surface area contributed by atoms with Gasteiger partial charge in [-0.05, 0) is 187 Å². The summed E-state index contributed by atoms with van der Waals surface area (Å²) in [6, 6.07) is 144. The first-order valence-electron chi connectivity index (χ1n) is 42.0. The van der Waals surface area contributed by atoms with Crippen LogP contribution in [0.3, 0.4) is 0 Å². The van der Waals surface area contributed by atoms with Gasteiger partial charge in [-0.1, -0.05) is 306 Å². The van der Waals surface area contributed by atoms with Crippen LogP contribution in [0.2, 0.25) is 0 Å². The topological polar surface area (TPSA) is 110 Å². The van der Waals surface area contributed by atoms with Gasteiger partial charge in [0.2, 0.25) is 0 Å². The number of hydrogen-bond acceptors (Lipinski definition) is 7. The minimum atomic E-state index is 0.810. The molecule has 0 aliphatic heterocycles. The van der Waals surface area contributed by atoms with E-state index in [0.717, 1.165) is 153 Å². The summed E-state index contributed by atoms with van der Waals surface area (Å²) >= 11 is 15.1. The Bertz CT molecular complexity index is 7020. The number of hydrogen-bond donors (Lipinski definition) is 0. The number of fused-ring (bicyclic) bond motifs is 12. The molecule has 11 heterocycles. The van der Waals surface area contributed by atoms with Gasteiger partial charge in [0, 0.05) is 119 Å². The van der Waals surface area contributed by atoms with E-state index >= 15 is 0 Å². The molecule has 0 radical (unpaired) electrons. The van der Waals surface area contributed by atoms with Gasteiger partial charge in [0.15, 0.2) is 0 Å².